The molecule has 0 spiro atoms. The molecule has 6 heteroatoms. The molecule has 0 amide bonds. The number of aldehydes is 1. The predicted octanol–water partition coefficient (Wildman–Crippen LogP) is 7.01. The number of alkyl halides is 1. The number of hydrogen-bond donors (Lipinski definition) is 0. The van der Waals surface area contributed by atoms with E-state index in [9.17, 15) is 4.79 Å². The summed E-state index contributed by atoms with van der Waals surface area (Å²) in [6.45, 7) is 10.0. The quantitative estimate of drug-likeness (QED) is 0.150. The number of ether oxygens (including phenoxy) is 1. The van der Waals surface area contributed by atoms with Gasteiger partial charge in [0.1, 0.15) is 33.4 Å². The van der Waals surface area contributed by atoms with Crippen molar-refractivity contribution in [1.29, 1.82) is 0 Å². The number of fused-ring (bicyclic) bond motifs is 1. The molecule has 2 aromatic rings. The number of benzene rings is 1. The van der Waals surface area contributed by atoms with Gasteiger partial charge < -0.3 is 14.1 Å². The Morgan fingerprint density at radius 3 is 2.61 bits per heavy atom. The Kier molecular flexibility index (Phi) is 9.04. The van der Waals surface area contributed by atoms with Crippen LogP contribution in [0.4, 0.5) is 0 Å². The third-order valence-electron chi connectivity index (χ3n) is 6.04. The van der Waals surface area contributed by atoms with Gasteiger partial charge in [0.2, 0.25) is 0 Å². The molecule has 0 N–H and O–H groups in total. The molecule has 4 nitrogen and oxygen atoms in total. The lowest BCUT2D eigenvalue weighted by Crippen LogP contribution is -2.37. The Morgan fingerprint density at radius 1 is 1.23 bits per heavy atom. The molecule has 31 heavy (non-hydrogen) atoms. The molecule has 1 heterocycles. The predicted molar refractivity (Wildman–Crippen MR) is 144 cm³/mol. The van der Waals surface area contributed by atoms with Crippen LogP contribution in [0.2, 0.25) is 0 Å². The molecule has 0 bridgehead atoms. The van der Waals surface area contributed by atoms with Gasteiger partial charge in [-0.1, -0.05) is 74.4 Å². The van der Waals surface area contributed by atoms with E-state index in [2.05, 4.69) is 83.0 Å². The zero-order chi connectivity index (χ0) is 22.4. The van der Waals surface area contributed by atoms with Crippen LogP contribution in [0.3, 0.4) is 0 Å². The first-order valence-corrected chi connectivity index (χ1v) is 13.2. The Labute approximate surface area is 212 Å². The van der Waals surface area contributed by atoms with E-state index >= 15 is 0 Å². The van der Waals surface area contributed by atoms with Crippen molar-refractivity contribution in [1.82, 2.24) is 4.90 Å². The van der Waals surface area contributed by atoms with Crippen LogP contribution in [0.1, 0.15) is 45.8 Å². The molecular weight excluding hydrogens is 616 g/mol. The van der Waals surface area contributed by atoms with Gasteiger partial charge in [0.05, 0.1) is 3.58 Å². The van der Waals surface area contributed by atoms with Crippen molar-refractivity contribution in [3.8, 4) is 0 Å². The van der Waals surface area contributed by atoms with Crippen LogP contribution in [0.5, 0.6) is 0 Å². The highest BCUT2D eigenvalue weighted by Crippen LogP contribution is 2.55. The summed E-state index contributed by atoms with van der Waals surface area (Å²) in [6, 6.07) is 10.2. The van der Waals surface area contributed by atoms with Crippen molar-refractivity contribution in [3.63, 3.8) is 0 Å². The number of carbonyl (C=O) groups is 1. The fourth-order valence-electron chi connectivity index (χ4n) is 4.20. The summed E-state index contributed by atoms with van der Waals surface area (Å²) in [5.41, 5.74) is 1.69. The lowest BCUT2D eigenvalue weighted by molar-refractivity contribution is -0.105. The first kappa shape index (κ1) is 24.8. The first-order chi connectivity index (χ1) is 15.0. The maximum atomic E-state index is 12.1. The SMILES string of the molecule is CCCCC1C(C=O)=CC(I)=C(OCCN(CC)CC)C1(I)c1cc2ccccc2o1. The van der Waals surface area contributed by atoms with Gasteiger partial charge in [-0.2, -0.15) is 0 Å². The topological polar surface area (TPSA) is 42.7 Å². The minimum Gasteiger partial charge on any atom is -0.494 e. The summed E-state index contributed by atoms with van der Waals surface area (Å²) in [7, 11) is 0. The van der Waals surface area contributed by atoms with E-state index in [0.29, 0.717) is 6.61 Å². The van der Waals surface area contributed by atoms with E-state index in [1.165, 1.54) is 0 Å². The molecule has 0 radical (unpaired) electrons. The smallest absolute Gasteiger partial charge is 0.146 e. The highest BCUT2D eigenvalue weighted by atomic mass is 127. The number of nitrogens with zero attached hydrogens (tertiary/aromatic N) is 1. The molecule has 0 saturated heterocycles. The second-order valence-corrected chi connectivity index (χ2v) is 10.7. The van der Waals surface area contributed by atoms with Crippen LogP contribution >= 0.6 is 45.2 Å². The Morgan fingerprint density at radius 2 is 1.97 bits per heavy atom. The number of likely N-dealkylation sites (N-methyl/N-ethyl adjacent to an activating group) is 1. The van der Waals surface area contributed by atoms with Crippen LogP contribution in [-0.4, -0.2) is 37.4 Å². The zero-order valence-corrected chi connectivity index (χ0v) is 22.8. The van der Waals surface area contributed by atoms with Crippen molar-refractivity contribution in [3.05, 3.63) is 57.1 Å². The first-order valence-electron chi connectivity index (χ1n) is 11.1. The lowest BCUT2D eigenvalue weighted by atomic mass is 9.76. The number of allylic oxidation sites excluding steroid dienone is 4. The van der Waals surface area contributed by atoms with Crippen LogP contribution in [-0.2, 0) is 13.0 Å². The average Bonchev–Trinajstić information content (AvgIpc) is 3.22. The van der Waals surface area contributed by atoms with Gasteiger partial charge >= 0.3 is 0 Å². The molecule has 1 aliphatic rings. The van der Waals surface area contributed by atoms with Gasteiger partial charge in [-0.3, -0.25) is 4.79 Å². The summed E-state index contributed by atoms with van der Waals surface area (Å²) in [5, 5.41) is 1.07. The van der Waals surface area contributed by atoms with E-state index in [0.717, 1.165) is 76.8 Å². The normalized spacial score (nSPS) is 21.6. The number of para-hydroxylation sites is 1. The van der Waals surface area contributed by atoms with Crippen molar-refractivity contribution in [2.75, 3.05) is 26.2 Å². The number of furan rings is 1. The van der Waals surface area contributed by atoms with E-state index in [1.54, 1.807) is 0 Å². The summed E-state index contributed by atoms with van der Waals surface area (Å²) >= 11 is 4.80. The molecule has 1 aromatic carbocycles. The molecule has 2 atom stereocenters. The van der Waals surface area contributed by atoms with Gasteiger partial charge in [-0.15, -0.1) is 0 Å². The fourth-order valence-corrected chi connectivity index (χ4v) is 7.04. The lowest BCUT2D eigenvalue weighted by Gasteiger charge is -2.39. The van der Waals surface area contributed by atoms with Crippen molar-refractivity contribution >= 4 is 62.4 Å². The highest BCUT2D eigenvalue weighted by Gasteiger charge is 2.50. The van der Waals surface area contributed by atoms with Crippen LogP contribution in [0, 0.1) is 5.92 Å². The number of unbranched alkanes of at least 4 members (excludes halogenated alkanes) is 1. The molecule has 0 saturated carbocycles. The van der Waals surface area contributed by atoms with E-state index in [4.69, 9.17) is 9.15 Å². The number of hydrogen-bond acceptors (Lipinski definition) is 4. The summed E-state index contributed by atoms with van der Waals surface area (Å²) in [5.74, 6) is 1.77. The monoisotopic (exact) mass is 647 g/mol. The molecule has 1 aromatic heterocycles. The van der Waals surface area contributed by atoms with Crippen LogP contribution in [0.15, 0.2) is 55.7 Å². The standard InChI is InChI=1S/C25H31I2NO3/c1-4-7-11-20-19(17-29)15-21(26)24(30-14-13-28(5-2)6-3)25(20,27)23-16-18-10-8-9-12-22(18)31-23/h8-10,12,15-17,20H,4-7,11,13-14H2,1-3H3. The van der Waals surface area contributed by atoms with Gasteiger partial charge in [0, 0.05) is 17.8 Å². The summed E-state index contributed by atoms with van der Waals surface area (Å²) < 4.78 is 13.3. The second kappa shape index (κ2) is 11.3. The molecule has 0 fully saturated rings. The van der Waals surface area contributed by atoms with E-state index in [1.807, 2.05) is 24.3 Å². The summed E-state index contributed by atoms with van der Waals surface area (Å²) in [4.78, 5) is 14.4. The molecule has 2 unspecified atom stereocenters. The molecule has 3 rings (SSSR count). The van der Waals surface area contributed by atoms with Gasteiger partial charge in [0.25, 0.3) is 0 Å². The maximum Gasteiger partial charge on any atom is 0.146 e. The largest absolute Gasteiger partial charge is 0.494 e. The maximum absolute atomic E-state index is 12.1. The van der Waals surface area contributed by atoms with Crippen molar-refractivity contribution in [2.24, 2.45) is 5.92 Å². The van der Waals surface area contributed by atoms with Gasteiger partial charge in [-0.25, -0.2) is 0 Å². The molecule has 168 valence electrons. The number of rotatable bonds is 11. The second-order valence-electron chi connectivity index (χ2n) is 7.87. The van der Waals surface area contributed by atoms with Crippen molar-refractivity contribution in [2.45, 2.75) is 43.5 Å². The molecule has 1 aliphatic carbocycles. The van der Waals surface area contributed by atoms with Crippen molar-refractivity contribution < 1.29 is 13.9 Å². The third-order valence-corrected chi connectivity index (χ3v) is 8.61. The minimum absolute atomic E-state index is 0.00748. The Balaban J connectivity index is 2.06. The van der Waals surface area contributed by atoms with E-state index < -0.39 is 3.42 Å². The Hall–Kier alpha value is -0.870. The minimum atomic E-state index is -0.559. The van der Waals surface area contributed by atoms with Gasteiger partial charge in [0.15, 0.2) is 0 Å². The van der Waals surface area contributed by atoms with Gasteiger partial charge in [-0.05, 0) is 65.9 Å². The average molecular weight is 647 g/mol. The van der Waals surface area contributed by atoms with E-state index in [-0.39, 0.29) is 5.92 Å². The summed E-state index contributed by atoms with van der Waals surface area (Å²) in [6.07, 6.45) is 6.05. The molecular formula is C25H31I2NO3. The zero-order valence-electron chi connectivity index (χ0n) is 18.5. The van der Waals surface area contributed by atoms with Crippen LogP contribution < -0.4 is 0 Å². The third kappa shape index (κ3) is 5.21. The fraction of sp³-hybridized carbons (Fsp3) is 0.480. The molecule has 0 aliphatic heterocycles. The van der Waals surface area contributed by atoms with Crippen LogP contribution in [0.25, 0.3) is 11.0 Å². The number of halogens is 2. The highest BCUT2D eigenvalue weighted by molar-refractivity contribution is 14.1. The number of carbonyl (C=O) groups excluding carboxylic acids is 1. The Bertz CT molecular complexity index is 928.